The predicted octanol–water partition coefficient (Wildman–Crippen LogP) is 11.3. The Balaban J connectivity index is 1.42. The van der Waals surface area contributed by atoms with Crippen molar-refractivity contribution < 1.29 is 0 Å². The van der Waals surface area contributed by atoms with E-state index in [0.29, 0.717) is 5.41 Å². The van der Waals surface area contributed by atoms with Crippen LogP contribution in [0.15, 0.2) is 48.1 Å². The van der Waals surface area contributed by atoms with E-state index in [2.05, 4.69) is 52.5 Å². The third-order valence-corrected chi connectivity index (χ3v) is 12.5. The van der Waals surface area contributed by atoms with Crippen molar-refractivity contribution in [3.05, 3.63) is 48.1 Å². The van der Waals surface area contributed by atoms with Gasteiger partial charge in [-0.3, -0.25) is 0 Å². The summed E-state index contributed by atoms with van der Waals surface area (Å²) in [7, 11) is 0. The second-order valence-corrected chi connectivity index (χ2v) is 14.9. The van der Waals surface area contributed by atoms with E-state index < -0.39 is 0 Å². The molecular formula is C37H58. The zero-order chi connectivity index (χ0) is 26.2. The molecule has 0 nitrogen and oxygen atoms in total. The van der Waals surface area contributed by atoms with Gasteiger partial charge in [-0.05, 0) is 84.5 Å². The molecule has 0 radical (unpaired) electrons. The Morgan fingerprint density at radius 1 is 1.03 bits per heavy atom. The molecule has 5 rings (SSSR count). The highest BCUT2D eigenvalue weighted by Crippen LogP contribution is 2.70. The van der Waals surface area contributed by atoms with Crippen LogP contribution in [0.3, 0.4) is 0 Å². The van der Waals surface area contributed by atoms with Crippen LogP contribution in [-0.2, 0) is 0 Å². The summed E-state index contributed by atoms with van der Waals surface area (Å²) in [5, 5.41) is 0. The zero-order valence-corrected chi connectivity index (χ0v) is 25.0. The first-order valence-electron chi connectivity index (χ1n) is 16.5. The van der Waals surface area contributed by atoms with Crippen molar-refractivity contribution in [2.45, 2.75) is 130 Å². The molecule has 4 fully saturated rings. The summed E-state index contributed by atoms with van der Waals surface area (Å²) in [6.07, 6.45) is 30.1. The lowest BCUT2D eigenvalue weighted by atomic mass is 9.44. The topological polar surface area (TPSA) is 0 Å². The van der Waals surface area contributed by atoms with Gasteiger partial charge in [0.15, 0.2) is 0 Å². The fourth-order valence-corrected chi connectivity index (χ4v) is 11.1. The number of hydrogen-bond donors (Lipinski definition) is 0. The Hall–Kier alpha value is -1.04. The van der Waals surface area contributed by atoms with Crippen molar-refractivity contribution in [3.63, 3.8) is 0 Å². The molecule has 4 saturated carbocycles. The van der Waals surface area contributed by atoms with Gasteiger partial charge in [-0.25, -0.2) is 0 Å². The maximum atomic E-state index is 4.90. The van der Waals surface area contributed by atoms with Crippen LogP contribution in [0.5, 0.6) is 0 Å². The molecule has 0 aromatic heterocycles. The fourth-order valence-electron chi connectivity index (χ4n) is 11.1. The molecule has 0 aliphatic heterocycles. The zero-order valence-electron chi connectivity index (χ0n) is 25.0. The lowest BCUT2D eigenvalue weighted by molar-refractivity contribution is -0.0738. The van der Waals surface area contributed by atoms with Crippen LogP contribution in [0.25, 0.3) is 0 Å². The first kappa shape index (κ1) is 27.5. The van der Waals surface area contributed by atoms with E-state index in [1.54, 1.807) is 11.1 Å². The quantitative estimate of drug-likeness (QED) is 0.217. The SMILES string of the molecule is C=C1C=CC2(C)C(=C1)CCC1C2C(CCCCCCC)CC2(C)C1C[C@@H](C)C2C(=C)CC1CCCCC1. The fraction of sp³-hybridized carbons (Fsp3) is 0.784. The van der Waals surface area contributed by atoms with Crippen LogP contribution in [0.1, 0.15) is 130 Å². The monoisotopic (exact) mass is 502 g/mol. The van der Waals surface area contributed by atoms with Crippen molar-refractivity contribution in [1.82, 2.24) is 0 Å². The van der Waals surface area contributed by atoms with Crippen LogP contribution < -0.4 is 0 Å². The number of rotatable bonds is 9. The maximum Gasteiger partial charge on any atom is 0.0103 e. The summed E-state index contributed by atoms with van der Waals surface area (Å²) in [5.74, 6) is 5.91. The second kappa shape index (κ2) is 11.2. The highest BCUT2D eigenvalue weighted by molar-refractivity contribution is 5.43. The van der Waals surface area contributed by atoms with Gasteiger partial charge in [0, 0.05) is 5.41 Å². The van der Waals surface area contributed by atoms with Gasteiger partial charge in [-0.1, -0.05) is 141 Å². The van der Waals surface area contributed by atoms with Crippen LogP contribution in [-0.4, -0.2) is 0 Å². The van der Waals surface area contributed by atoms with Crippen molar-refractivity contribution in [3.8, 4) is 0 Å². The third-order valence-electron chi connectivity index (χ3n) is 12.5. The molecule has 0 amide bonds. The van der Waals surface area contributed by atoms with Gasteiger partial charge in [0.1, 0.15) is 0 Å². The van der Waals surface area contributed by atoms with Gasteiger partial charge >= 0.3 is 0 Å². The van der Waals surface area contributed by atoms with Crippen LogP contribution in [0, 0.1) is 52.3 Å². The summed E-state index contributed by atoms with van der Waals surface area (Å²) in [4.78, 5) is 0. The van der Waals surface area contributed by atoms with Crippen molar-refractivity contribution >= 4 is 0 Å². The molecule has 37 heavy (non-hydrogen) atoms. The summed E-state index contributed by atoms with van der Waals surface area (Å²) < 4.78 is 0. The van der Waals surface area contributed by atoms with Crippen molar-refractivity contribution in [2.24, 2.45) is 52.3 Å². The Bertz CT molecular complexity index is 895. The lowest BCUT2D eigenvalue weighted by Crippen LogP contribution is -2.53. The standard InChI is InChI=1S/C37H58/c1-7-8-9-10-14-17-30-25-37(6)33(24-28(4)34(37)27(3)23-29-15-12-11-13-16-29)32-19-18-31-22-26(2)20-21-36(31,5)35(30)32/h20-22,28-30,32-35H,2-3,7-19,23-25H2,1,4-6H3/t28-,30?,32?,33?,34?,35?,36?,37?/m1/s1. The average molecular weight is 503 g/mol. The maximum absolute atomic E-state index is 4.90. The minimum Gasteiger partial charge on any atom is -0.0995 e. The molecule has 7 unspecified atom stereocenters. The molecule has 0 heteroatoms. The first-order valence-corrected chi connectivity index (χ1v) is 16.5. The first-order chi connectivity index (χ1) is 17.8. The summed E-state index contributed by atoms with van der Waals surface area (Å²) >= 11 is 0. The molecule has 0 saturated heterocycles. The molecule has 0 aromatic rings. The predicted molar refractivity (Wildman–Crippen MR) is 161 cm³/mol. The molecular weight excluding hydrogens is 444 g/mol. The Labute approximate surface area is 230 Å². The average Bonchev–Trinajstić information content (AvgIpc) is 3.14. The van der Waals surface area contributed by atoms with E-state index in [1.165, 1.54) is 108 Å². The summed E-state index contributed by atoms with van der Waals surface area (Å²) in [6, 6.07) is 0. The molecule has 0 heterocycles. The Morgan fingerprint density at radius 2 is 1.78 bits per heavy atom. The second-order valence-electron chi connectivity index (χ2n) is 14.9. The minimum atomic E-state index is 0.250. The number of allylic oxidation sites excluding steroid dienone is 6. The van der Waals surface area contributed by atoms with Crippen molar-refractivity contribution in [2.75, 3.05) is 0 Å². The number of hydrogen-bond acceptors (Lipinski definition) is 0. The van der Waals surface area contributed by atoms with Gasteiger partial charge < -0.3 is 0 Å². The highest BCUT2D eigenvalue weighted by Gasteiger charge is 2.62. The molecule has 0 aromatic carbocycles. The molecule has 8 atom stereocenters. The van der Waals surface area contributed by atoms with Gasteiger partial charge in [0.25, 0.3) is 0 Å². The molecule has 5 aliphatic carbocycles. The van der Waals surface area contributed by atoms with E-state index >= 15 is 0 Å². The van der Waals surface area contributed by atoms with E-state index in [0.717, 1.165) is 41.4 Å². The van der Waals surface area contributed by atoms with E-state index in [-0.39, 0.29) is 5.41 Å². The third kappa shape index (κ3) is 5.14. The minimum absolute atomic E-state index is 0.250. The van der Waals surface area contributed by atoms with Crippen LogP contribution in [0.4, 0.5) is 0 Å². The van der Waals surface area contributed by atoms with E-state index in [9.17, 15) is 0 Å². The van der Waals surface area contributed by atoms with E-state index in [4.69, 9.17) is 6.58 Å². The molecule has 0 spiro atoms. The van der Waals surface area contributed by atoms with Gasteiger partial charge in [-0.2, -0.15) is 0 Å². The molecule has 5 aliphatic rings. The lowest BCUT2D eigenvalue weighted by Gasteiger charge is -2.60. The van der Waals surface area contributed by atoms with Gasteiger partial charge in [0.2, 0.25) is 0 Å². The largest absolute Gasteiger partial charge is 0.0995 e. The molecule has 0 bridgehead atoms. The number of fused-ring (bicyclic) bond motifs is 5. The number of unbranched alkanes of at least 4 members (excludes halogenated alkanes) is 4. The molecule has 206 valence electrons. The van der Waals surface area contributed by atoms with Gasteiger partial charge in [-0.15, -0.1) is 0 Å². The van der Waals surface area contributed by atoms with Crippen molar-refractivity contribution in [1.29, 1.82) is 0 Å². The highest BCUT2D eigenvalue weighted by atomic mass is 14.7. The smallest absolute Gasteiger partial charge is 0.0103 e. The summed E-state index contributed by atoms with van der Waals surface area (Å²) in [5.41, 5.74) is 5.28. The molecule has 0 N–H and O–H groups in total. The van der Waals surface area contributed by atoms with Crippen LogP contribution in [0.2, 0.25) is 0 Å². The summed E-state index contributed by atoms with van der Waals surface area (Å²) in [6.45, 7) is 19.5. The normalized spacial score (nSPS) is 41.6. The van der Waals surface area contributed by atoms with E-state index in [1.807, 2.05) is 0 Å². The van der Waals surface area contributed by atoms with Gasteiger partial charge in [0.05, 0.1) is 0 Å². The Kier molecular flexibility index (Phi) is 8.34. The van der Waals surface area contributed by atoms with Crippen LogP contribution >= 0.6 is 0 Å². The Morgan fingerprint density at radius 3 is 2.54 bits per heavy atom.